The molecule has 5 rings (SSSR count). The largest absolute Gasteiger partial charge is 0.346 e. The second-order valence-corrected chi connectivity index (χ2v) is 9.09. The number of piperidine rings is 2. The van der Waals surface area contributed by atoms with Crippen LogP contribution in [0, 0.1) is 11.7 Å². The lowest BCUT2D eigenvalue weighted by Gasteiger charge is -2.49. The summed E-state index contributed by atoms with van der Waals surface area (Å²) in [4.78, 5) is 15.8. The number of nitrogens with zero attached hydrogens (tertiary/aromatic N) is 1. The Morgan fingerprint density at radius 3 is 2.93 bits per heavy atom. The summed E-state index contributed by atoms with van der Waals surface area (Å²) in [7, 11) is 0. The Morgan fingerprint density at radius 2 is 2.10 bits per heavy atom. The predicted molar refractivity (Wildman–Crippen MR) is 116 cm³/mol. The third-order valence-corrected chi connectivity index (χ3v) is 7.24. The van der Waals surface area contributed by atoms with Crippen molar-refractivity contribution >= 4 is 5.91 Å². The molecule has 0 aromatic heterocycles. The van der Waals surface area contributed by atoms with Gasteiger partial charge in [-0.25, -0.2) is 4.39 Å². The van der Waals surface area contributed by atoms with E-state index in [2.05, 4.69) is 15.5 Å². The molecule has 0 unspecified atom stereocenters. The second-order valence-electron chi connectivity index (χ2n) is 9.09. The Labute approximate surface area is 177 Å². The molecular formula is C25H30FN3O. The van der Waals surface area contributed by atoms with Crippen LogP contribution in [-0.4, -0.2) is 36.5 Å². The van der Waals surface area contributed by atoms with Gasteiger partial charge in [0.05, 0.1) is 6.04 Å². The Kier molecular flexibility index (Phi) is 5.34. The van der Waals surface area contributed by atoms with Gasteiger partial charge in [-0.3, -0.25) is 9.69 Å². The maximum atomic E-state index is 14.5. The number of fused-ring (bicyclic) bond motifs is 4. The van der Waals surface area contributed by atoms with Crippen molar-refractivity contribution in [2.24, 2.45) is 5.92 Å². The highest BCUT2D eigenvalue weighted by atomic mass is 19.1. The van der Waals surface area contributed by atoms with E-state index >= 15 is 0 Å². The van der Waals surface area contributed by atoms with Gasteiger partial charge in [0, 0.05) is 30.7 Å². The molecule has 158 valence electrons. The normalized spacial score (nSPS) is 26.8. The van der Waals surface area contributed by atoms with Gasteiger partial charge in [-0.15, -0.1) is 0 Å². The molecule has 2 aromatic carbocycles. The van der Waals surface area contributed by atoms with Crippen LogP contribution in [0.1, 0.15) is 65.3 Å². The standard InChI is InChI=1S/C25H30FN3O/c1-16(17-6-3-2-4-7-17)28-25(30)21-13-20(26)12-18-9-11-29-15-19-8-5-10-27-22(19)14-23(29)24(18)21/h2-4,6-7,12-13,16,19,22-23,27H,5,8-11,14-15H2,1H3,(H,28,30)/t16-,19-,22+,23+/m1/s1. The van der Waals surface area contributed by atoms with E-state index in [9.17, 15) is 9.18 Å². The van der Waals surface area contributed by atoms with Crippen LogP contribution in [0.5, 0.6) is 0 Å². The fraction of sp³-hybridized carbons (Fsp3) is 0.480. The zero-order valence-corrected chi connectivity index (χ0v) is 17.5. The molecule has 4 atom stereocenters. The Hall–Kier alpha value is -2.24. The monoisotopic (exact) mass is 407 g/mol. The van der Waals surface area contributed by atoms with Crippen molar-refractivity contribution in [2.75, 3.05) is 19.6 Å². The highest BCUT2D eigenvalue weighted by molar-refractivity contribution is 5.96. The molecule has 2 fully saturated rings. The summed E-state index contributed by atoms with van der Waals surface area (Å²) in [6.45, 7) is 5.07. The molecule has 1 amide bonds. The molecule has 0 radical (unpaired) electrons. The molecule has 3 heterocycles. The molecule has 30 heavy (non-hydrogen) atoms. The summed E-state index contributed by atoms with van der Waals surface area (Å²) in [6.07, 6.45) is 4.33. The molecule has 2 aromatic rings. The number of rotatable bonds is 3. The van der Waals surface area contributed by atoms with Gasteiger partial charge in [-0.05, 0) is 73.9 Å². The molecule has 0 saturated carbocycles. The maximum absolute atomic E-state index is 14.5. The molecule has 2 N–H and O–H groups in total. The first-order chi connectivity index (χ1) is 14.6. The fourth-order valence-electron chi connectivity index (χ4n) is 5.71. The van der Waals surface area contributed by atoms with E-state index in [1.165, 1.54) is 18.9 Å². The molecule has 3 aliphatic heterocycles. The van der Waals surface area contributed by atoms with E-state index < -0.39 is 0 Å². The third kappa shape index (κ3) is 3.65. The highest BCUT2D eigenvalue weighted by Gasteiger charge is 2.41. The van der Waals surface area contributed by atoms with Gasteiger partial charge in [-0.2, -0.15) is 0 Å². The number of hydrogen-bond donors (Lipinski definition) is 2. The van der Waals surface area contributed by atoms with Crippen molar-refractivity contribution in [3.8, 4) is 0 Å². The molecule has 2 saturated heterocycles. The van der Waals surface area contributed by atoms with Crippen LogP contribution >= 0.6 is 0 Å². The first-order valence-electron chi connectivity index (χ1n) is 11.3. The topological polar surface area (TPSA) is 44.4 Å². The van der Waals surface area contributed by atoms with Gasteiger partial charge in [0.1, 0.15) is 5.82 Å². The average molecular weight is 408 g/mol. The van der Waals surface area contributed by atoms with E-state index in [-0.39, 0.29) is 23.8 Å². The SMILES string of the molecule is C[C@@H](NC(=O)c1cc(F)cc2c1[C@@H]1C[C@@H]3NCCC[C@@H]3CN1CC2)c1ccccc1. The van der Waals surface area contributed by atoms with Gasteiger partial charge >= 0.3 is 0 Å². The van der Waals surface area contributed by atoms with Crippen LogP contribution < -0.4 is 10.6 Å². The quantitative estimate of drug-likeness (QED) is 0.809. The summed E-state index contributed by atoms with van der Waals surface area (Å²) in [5, 5.41) is 6.80. The van der Waals surface area contributed by atoms with E-state index in [4.69, 9.17) is 0 Å². The van der Waals surface area contributed by atoms with Crippen molar-refractivity contribution in [1.82, 2.24) is 15.5 Å². The minimum atomic E-state index is -0.316. The van der Waals surface area contributed by atoms with Crippen LogP contribution in [0.4, 0.5) is 4.39 Å². The van der Waals surface area contributed by atoms with Crippen LogP contribution in [0.25, 0.3) is 0 Å². The zero-order chi connectivity index (χ0) is 20.7. The van der Waals surface area contributed by atoms with E-state index in [0.717, 1.165) is 49.2 Å². The number of halogens is 1. The molecule has 0 spiro atoms. The summed E-state index contributed by atoms with van der Waals surface area (Å²) >= 11 is 0. The lowest BCUT2D eigenvalue weighted by molar-refractivity contribution is 0.0542. The number of benzene rings is 2. The summed E-state index contributed by atoms with van der Waals surface area (Å²) in [6, 6.07) is 13.5. The van der Waals surface area contributed by atoms with Gasteiger partial charge in [-0.1, -0.05) is 30.3 Å². The first-order valence-corrected chi connectivity index (χ1v) is 11.3. The summed E-state index contributed by atoms with van der Waals surface area (Å²) in [5.41, 5.74) is 3.61. The van der Waals surface area contributed by atoms with Crippen molar-refractivity contribution < 1.29 is 9.18 Å². The lowest BCUT2D eigenvalue weighted by Crippen LogP contribution is -2.55. The number of nitrogens with one attached hydrogen (secondary N) is 2. The van der Waals surface area contributed by atoms with Crippen LogP contribution in [0.2, 0.25) is 0 Å². The molecule has 0 bridgehead atoms. The van der Waals surface area contributed by atoms with Gasteiger partial charge in [0.25, 0.3) is 5.91 Å². The van der Waals surface area contributed by atoms with Gasteiger partial charge < -0.3 is 10.6 Å². The second kappa shape index (κ2) is 8.12. The number of carbonyl (C=O) groups is 1. The van der Waals surface area contributed by atoms with Gasteiger partial charge in [0.2, 0.25) is 0 Å². The van der Waals surface area contributed by atoms with Crippen molar-refractivity contribution in [2.45, 2.75) is 50.7 Å². The first kappa shape index (κ1) is 19.7. The third-order valence-electron chi connectivity index (χ3n) is 7.24. The van der Waals surface area contributed by atoms with Crippen LogP contribution in [0.3, 0.4) is 0 Å². The predicted octanol–water partition coefficient (Wildman–Crippen LogP) is 3.99. The molecule has 0 aliphatic carbocycles. The smallest absolute Gasteiger partial charge is 0.252 e. The summed E-state index contributed by atoms with van der Waals surface area (Å²) in [5.74, 6) is 0.194. The number of carbonyl (C=O) groups excluding carboxylic acids is 1. The number of hydrogen-bond acceptors (Lipinski definition) is 3. The minimum absolute atomic E-state index is 0.131. The van der Waals surface area contributed by atoms with Crippen molar-refractivity contribution in [3.05, 3.63) is 70.5 Å². The Balaban J connectivity index is 1.45. The summed E-state index contributed by atoms with van der Waals surface area (Å²) < 4.78 is 14.5. The molecular weight excluding hydrogens is 377 g/mol. The Morgan fingerprint density at radius 1 is 1.27 bits per heavy atom. The van der Waals surface area contributed by atoms with Crippen LogP contribution in [-0.2, 0) is 6.42 Å². The maximum Gasteiger partial charge on any atom is 0.252 e. The highest BCUT2D eigenvalue weighted by Crippen LogP contribution is 2.42. The average Bonchev–Trinajstić information content (AvgIpc) is 2.77. The van der Waals surface area contributed by atoms with E-state index in [1.54, 1.807) is 6.07 Å². The van der Waals surface area contributed by atoms with Crippen molar-refractivity contribution in [1.29, 1.82) is 0 Å². The van der Waals surface area contributed by atoms with E-state index in [1.807, 2.05) is 37.3 Å². The molecule has 5 heteroatoms. The van der Waals surface area contributed by atoms with E-state index in [0.29, 0.717) is 17.5 Å². The lowest BCUT2D eigenvalue weighted by atomic mass is 9.76. The molecule has 3 aliphatic rings. The molecule has 4 nitrogen and oxygen atoms in total. The van der Waals surface area contributed by atoms with Crippen LogP contribution in [0.15, 0.2) is 42.5 Å². The van der Waals surface area contributed by atoms with Gasteiger partial charge in [0.15, 0.2) is 0 Å². The van der Waals surface area contributed by atoms with Crippen molar-refractivity contribution in [3.63, 3.8) is 0 Å². The number of amides is 1. The Bertz CT molecular complexity index is 931. The minimum Gasteiger partial charge on any atom is -0.346 e. The fourth-order valence-corrected chi connectivity index (χ4v) is 5.71. The zero-order valence-electron chi connectivity index (χ0n) is 17.5.